The standard InChI is InChI=1S/C28H30FN5O2/c1-17-13-34-14-19(10-23(29)27(34)30-17)18-4-5-22(26(35)11-18)25-7-6-24(31-32-25)20-15-33(16-20)21-8-9-36-28(2,3)12-21/h4-7,10-11,13-14,20-21,35H,8-9,12,15-16H2,1-3H3. The molecule has 8 heteroatoms. The van der Waals surface area contributed by atoms with Gasteiger partial charge in [0.1, 0.15) is 5.75 Å². The van der Waals surface area contributed by atoms with Gasteiger partial charge in [0.25, 0.3) is 0 Å². The van der Waals surface area contributed by atoms with Gasteiger partial charge in [-0.25, -0.2) is 9.37 Å². The topological polar surface area (TPSA) is 75.8 Å². The maximum absolute atomic E-state index is 14.5. The Balaban J connectivity index is 1.16. The zero-order chi connectivity index (χ0) is 25.0. The maximum atomic E-state index is 14.5. The molecule has 2 aliphatic rings. The van der Waals surface area contributed by atoms with Gasteiger partial charge in [-0.2, -0.15) is 10.2 Å². The van der Waals surface area contributed by atoms with Crippen molar-refractivity contribution in [1.82, 2.24) is 24.5 Å². The highest BCUT2D eigenvalue weighted by Gasteiger charge is 2.39. The number of phenolic OH excluding ortho intramolecular Hbond substituents is 1. The van der Waals surface area contributed by atoms with E-state index in [4.69, 9.17) is 4.74 Å². The molecule has 6 rings (SSSR count). The third-order valence-electron chi connectivity index (χ3n) is 7.43. The molecule has 0 spiro atoms. The molecule has 36 heavy (non-hydrogen) atoms. The molecule has 5 heterocycles. The minimum absolute atomic E-state index is 0.0492. The normalized spacial score (nSPS) is 20.5. The van der Waals surface area contributed by atoms with Crippen molar-refractivity contribution in [2.45, 2.75) is 51.2 Å². The van der Waals surface area contributed by atoms with Crippen LogP contribution in [0.5, 0.6) is 5.75 Å². The van der Waals surface area contributed by atoms with Gasteiger partial charge in [-0.05, 0) is 69.5 Å². The number of rotatable bonds is 4. The summed E-state index contributed by atoms with van der Waals surface area (Å²) in [5.74, 6) is 0.0552. The molecule has 1 unspecified atom stereocenters. The van der Waals surface area contributed by atoms with E-state index in [0.29, 0.717) is 40.0 Å². The summed E-state index contributed by atoms with van der Waals surface area (Å²) < 4.78 is 22.0. The number of hydrogen-bond donors (Lipinski definition) is 1. The van der Waals surface area contributed by atoms with Gasteiger partial charge in [-0.15, -0.1) is 0 Å². The number of aromatic nitrogens is 4. The molecule has 0 radical (unpaired) electrons. The van der Waals surface area contributed by atoms with Crippen molar-refractivity contribution in [1.29, 1.82) is 0 Å². The van der Waals surface area contributed by atoms with Crippen molar-refractivity contribution >= 4 is 5.65 Å². The lowest BCUT2D eigenvalue weighted by Crippen LogP contribution is -2.55. The van der Waals surface area contributed by atoms with Gasteiger partial charge in [0, 0.05) is 55.2 Å². The van der Waals surface area contributed by atoms with Gasteiger partial charge in [0.2, 0.25) is 0 Å². The van der Waals surface area contributed by atoms with Crippen molar-refractivity contribution in [2.24, 2.45) is 0 Å². The summed E-state index contributed by atoms with van der Waals surface area (Å²) in [7, 11) is 0. The Morgan fingerprint density at radius 1 is 1.06 bits per heavy atom. The summed E-state index contributed by atoms with van der Waals surface area (Å²) in [6.07, 6.45) is 5.73. The number of likely N-dealkylation sites (tertiary alicyclic amines) is 1. The fourth-order valence-corrected chi connectivity index (χ4v) is 5.48. The highest BCUT2D eigenvalue weighted by Crippen LogP contribution is 2.36. The molecule has 0 saturated carbocycles. The molecule has 186 valence electrons. The minimum atomic E-state index is -0.402. The van der Waals surface area contributed by atoms with Gasteiger partial charge in [0.15, 0.2) is 11.5 Å². The highest BCUT2D eigenvalue weighted by molar-refractivity contribution is 5.74. The quantitative estimate of drug-likeness (QED) is 0.438. The second-order valence-corrected chi connectivity index (χ2v) is 10.7. The Labute approximate surface area is 209 Å². The van der Waals surface area contributed by atoms with E-state index in [0.717, 1.165) is 43.9 Å². The molecule has 2 saturated heterocycles. The predicted octanol–water partition coefficient (Wildman–Crippen LogP) is 4.97. The van der Waals surface area contributed by atoms with Crippen molar-refractivity contribution in [3.05, 3.63) is 66.0 Å². The van der Waals surface area contributed by atoms with E-state index >= 15 is 0 Å². The van der Waals surface area contributed by atoms with Crippen molar-refractivity contribution < 1.29 is 14.2 Å². The zero-order valence-electron chi connectivity index (χ0n) is 20.8. The summed E-state index contributed by atoms with van der Waals surface area (Å²) in [4.78, 5) is 6.73. The summed E-state index contributed by atoms with van der Waals surface area (Å²) in [5.41, 5.74) is 4.53. The van der Waals surface area contributed by atoms with Gasteiger partial charge in [0.05, 0.1) is 22.7 Å². The number of pyridine rings is 1. The van der Waals surface area contributed by atoms with Crippen molar-refractivity contribution in [2.75, 3.05) is 19.7 Å². The predicted molar refractivity (Wildman–Crippen MR) is 135 cm³/mol. The first-order chi connectivity index (χ1) is 17.3. The Morgan fingerprint density at radius 2 is 1.89 bits per heavy atom. The van der Waals surface area contributed by atoms with Gasteiger partial charge < -0.3 is 14.2 Å². The molecule has 4 aromatic rings. The molecule has 1 N–H and O–H groups in total. The largest absolute Gasteiger partial charge is 0.507 e. The smallest absolute Gasteiger partial charge is 0.173 e. The van der Waals surface area contributed by atoms with Crippen LogP contribution in [0.25, 0.3) is 28.0 Å². The molecule has 2 aliphatic heterocycles. The number of imidazole rings is 1. The average Bonchev–Trinajstić information content (AvgIpc) is 3.19. The molecular weight excluding hydrogens is 457 g/mol. The lowest BCUT2D eigenvalue weighted by Gasteiger charge is -2.48. The number of ether oxygens (including phenoxy) is 1. The first-order valence-electron chi connectivity index (χ1n) is 12.5. The van der Waals surface area contributed by atoms with Crippen LogP contribution in [0.2, 0.25) is 0 Å². The Kier molecular flexibility index (Phi) is 5.53. The number of aryl methyl sites for hydroxylation is 1. The maximum Gasteiger partial charge on any atom is 0.173 e. The zero-order valence-corrected chi connectivity index (χ0v) is 20.8. The highest BCUT2D eigenvalue weighted by atomic mass is 19.1. The molecule has 1 atom stereocenters. The number of fused-ring (bicyclic) bond motifs is 1. The number of benzene rings is 1. The molecule has 7 nitrogen and oxygen atoms in total. The van der Waals surface area contributed by atoms with E-state index in [1.165, 1.54) is 6.07 Å². The van der Waals surface area contributed by atoms with Crippen molar-refractivity contribution in [3.63, 3.8) is 0 Å². The molecule has 0 amide bonds. The summed E-state index contributed by atoms with van der Waals surface area (Å²) >= 11 is 0. The van der Waals surface area contributed by atoms with Crippen LogP contribution in [0.3, 0.4) is 0 Å². The fourth-order valence-electron chi connectivity index (χ4n) is 5.48. The third kappa shape index (κ3) is 4.24. The second-order valence-electron chi connectivity index (χ2n) is 10.7. The number of nitrogens with zero attached hydrogens (tertiary/aromatic N) is 5. The van der Waals surface area contributed by atoms with Crippen LogP contribution in [-0.2, 0) is 4.74 Å². The number of halogens is 1. The van der Waals surface area contributed by atoms with E-state index < -0.39 is 5.82 Å². The van der Waals surface area contributed by atoms with E-state index in [1.54, 1.807) is 22.7 Å². The van der Waals surface area contributed by atoms with E-state index in [1.807, 2.05) is 31.3 Å². The monoisotopic (exact) mass is 487 g/mol. The van der Waals surface area contributed by atoms with Crippen LogP contribution in [0, 0.1) is 12.7 Å². The van der Waals surface area contributed by atoms with Crippen LogP contribution in [-0.4, -0.2) is 60.9 Å². The SMILES string of the molecule is Cc1cn2cc(-c3ccc(-c4ccc(C5CN(C6CCOC(C)(C)C6)C5)nn4)c(O)c3)cc(F)c2n1. The van der Waals surface area contributed by atoms with Crippen LogP contribution >= 0.6 is 0 Å². The molecule has 0 bridgehead atoms. The van der Waals surface area contributed by atoms with Gasteiger partial charge in [-0.1, -0.05) is 6.07 Å². The fraction of sp³-hybridized carbons (Fsp3) is 0.393. The summed E-state index contributed by atoms with van der Waals surface area (Å²) in [5, 5.41) is 19.6. The second kappa shape index (κ2) is 8.64. The Morgan fingerprint density at radius 3 is 2.61 bits per heavy atom. The van der Waals surface area contributed by atoms with E-state index in [9.17, 15) is 9.50 Å². The van der Waals surface area contributed by atoms with Crippen LogP contribution < -0.4 is 0 Å². The van der Waals surface area contributed by atoms with E-state index in [-0.39, 0.29) is 11.4 Å². The molecule has 1 aromatic carbocycles. The summed E-state index contributed by atoms with van der Waals surface area (Å²) in [6, 6.07) is 11.2. The van der Waals surface area contributed by atoms with Gasteiger partial charge >= 0.3 is 0 Å². The molecule has 3 aromatic heterocycles. The van der Waals surface area contributed by atoms with Crippen LogP contribution in [0.4, 0.5) is 4.39 Å². The number of phenols is 1. The first kappa shape index (κ1) is 23.1. The van der Waals surface area contributed by atoms with E-state index in [2.05, 4.69) is 33.9 Å². The number of aromatic hydroxyl groups is 1. The van der Waals surface area contributed by atoms with Gasteiger partial charge in [-0.3, -0.25) is 4.90 Å². The average molecular weight is 488 g/mol. The minimum Gasteiger partial charge on any atom is -0.507 e. The Bertz CT molecular complexity index is 1430. The first-order valence-corrected chi connectivity index (χ1v) is 12.5. The van der Waals surface area contributed by atoms with Crippen LogP contribution in [0.1, 0.15) is 44.0 Å². The Hall–Kier alpha value is -3.36. The van der Waals surface area contributed by atoms with Crippen molar-refractivity contribution in [3.8, 4) is 28.1 Å². The molecule has 2 fully saturated rings. The summed E-state index contributed by atoms with van der Waals surface area (Å²) in [6.45, 7) is 8.97. The van der Waals surface area contributed by atoms with Crippen LogP contribution in [0.15, 0.2) is 48.8 Å². The molecular formula is C28H30FN5O2. The lowest BCUT2D eigenvalue weighted by atomic mass is 9.87. The third-order valence-corrected chi connectivity index (χ3v) is 7.43. The number of hydrogen-bond acceptors (Lipinski definition) is 6. The molecule has 0 aliphatic carbocycles. The lowest BCUT2D eigenvalue weighted by molar-refractivity contribution is -0.0948.